The van der Waals surface area contributed by atoms with Crippen LogP contribution in [0.1, 0.15) is 44.3 Å². The number of nitrogens with zero attached hydrogens (tertiary/aromatic N) is 2. The zero-order chi connectivity index (χ0) is 11.7. The maximum absolute atomic E-state index is 5.56. The van der Waals surface area contributed by atoms with E-state index >= 15 is 0 Å². The van der Waals surface area contributed by atoms with E-state index in [1.54, 1.807) is 0 Å². The molecule has 3 heterocycles. The minimum absolute atomic E-state index is 0.102. The first-order valence-electron chi connectivity index (χ1n) is 6.63. The molecule has 0 amide bonds. The van der Waals surface area contributed by atoms with Gasteiger partial charge in [-0.05, 0) is 32.7 Å². The molecule has 2 aliphatic heterocycles. The molecule has 4 heteroatoms. The van der Waals surface area contributed by atoms with Gasteiger partial charge in [-0.25, -0.2) is 4.98 Å². The summed E-state index contributed by atoms with van der Waals surface area (Å²) in [4.78, 5) is 4.35. The lowest BCUT2D eigenvalue weighted by Crippen LogP contribution is -2.35. The third-order valence-electron chi connectivity index (χ3n) is 4.11. The molecule has 0 aliphatic carbocycles. The molecule has 2 saturated heterocycles. The lowest BCUT2D eigenvalue weighted by Gasteiger charge is -2.31. The molecule has 2 fully saturated rings. The van der Waals surface area contributed by atoms with Gasteiger partial charge in [0.05, 0.1) is 24.2 Å². The van der Waals surface area contributed by atoms with Gasteiger partial charge in [0.2, 0.25) is 0 Å². The first-order valence-corrected chi connectivity index (χ1v) is 6.63. The molecular formula is C13H21N3O. The number of ether oxygens (including phenoxy) is 1. The number of nitrogens with one attached hydrogen (secondary N) is 1. The number of aromatic nitrogens is 2. The zero-order valence-corrected chi connectivity index (χ0v) is 10.5. The van der Waals surface area contributed by atoms with Crippen molar-refractivity contribution in [2.24, 2.45) is 0 Å². The molecule has 17 heavy (non-hydrogen) atoms. The Morgan fingerprint density at radius 2 is 2.47 bits per heavy atom. The lowest BCUT2D eigenvalue weighted by atomic mass is 9.97. The maximum atomic E-state index is 5.56. The average molecular weight is 235 g/mol. The Bertz CT molecular complexity index is 376. The van der Waals surface area contributed by atoms with Crippen LogP contribution in [0.4, 0.5) is 0 Å². The molecule has 1 aromatic heterocycles. The SMILES string of the molecule is CC1(n2cncc2C2CCCCN2)CCOC1. The summed E-state index contributed by atoms with van der Waals surface area (Å²) >= 11 is 0. The summed E-state index contributed by atoms with van der Waals surface area (Å²) in [6.07, 6.45) is 8.92. The molecule has 4 nitrogen and oxygen atoms in total. The van der Waals surface area contributed by atoms with Gasteiger partial charge in [0.25, 0.3) is 0 Å². The topological polar surface area (TPSA) is 39.1 Å². The van der Waals surface area contributed by atoms with Crippen molar-refractivity contribution >= 4 is 0 Å². The van der Waals surface area contributed by atoms with Gasteiger partial charge < -0.3 is 14.6 Å². The molecule has 0 radical (unpaired) electrons. The van der Waals surface area contributed by atoms with Crippen LogP contribution in [-0.4, -0.2) is 29.3 Å². The second kappa shape index (κ2) is 4.42. The van der Waals surface area contributed by atoms with E-state index in [0.29, 0.717) is 6.04 Å². The van der Waals surface area contributed by atoms with Crippen LogP contribution in [0, 0.1) is 0 Å². The molecule has 1 aromatic rings. The molecule has 0 aromatic carbocycles. The summed E-state index contributed by atoms with van der Waals surface area (Å²) in [6.45, 7) is 5.08. The summed E-state index contributed by atoms with van der Waals surface area (Å²) in [5.74, 6) is 0. The van der Waals surface area contributed by atoms with E-state index in [2.05, 4.69) is 21.8 Å². The van der Waals surface area contributed by atoms with Crippen molar-refractivity contribution in [1.82, 2.24) is 14.9 Å². The Labute approximate surface area is 102 Å². The number of piperidine rings is 1. The predicted octanol–water partition coefficient (Wildman–Crippen LogP) is 1.83. The van der Waals surface area contributed by atoms with Gasteiger partial charge in [0, 0.05) is 18.8 Å². The molecule has 0 spiro atoms. The summed E-state index contributed by atoms with van der Waals surface area (Å²) in [5.41, 5.74) is 1.43. The van der Waals surface area contributed by atoms with Crippen LogP contribution < -0.4 is 5.32 Å². The van der Waals surface area contributed by atoms with Crippen LogP contribution in [-0.2, 0) is 10.3 Å². The van der Waals surface area contributed by atoms with Gasteiger partial charge in [-0.2, -0.15) is 0 Å². The number of imidazole rings is 1. The summed E-state index contributed by atoms with van der Waals surface area (Å²) in [5, 5.41) is 3.60. The van der Waals surface area contributed by atoms with Crippen LogP contribution >= 0.6 is 0 Å². The second-order valence-electron chi connectivity index (χ2n) is 5.49. The Balaban J connectivity index is 1.87. The zero-order valence-electron chi connectivity index (χ0n) is 10.5. The molecule has 2 atom stereocenters. The Hall–Kier alpha value is -0.870. The summed E-state index contributed by atoms with van der Waals surface area (Å²) in [6, 6.07) is 0.476. The number of hydrogen-bond acceptors (Lipinski definition) is 3. The third-order valence-corrected chi connectivity index (χ3v) is 4.11. The quantitative estimate of drug-likeness (QED) is 0.850. The Morgan fingerprint density at radius 1 is 1.53 bits per heavy atom. The normalized spacial score (nSPS) is 34.1. The summed E-state index contributed by atoms with van der Waals surface area (Å²) in [7, 11) is 0. The van der Waals surface area contributed by atoms with Gasteiger partial charge in [0.15, 0.2) is 0 Å². The van der Waals surface area contributed by atoms with Gasteiger partial charge in [-0.3, -0.25) is 0 Å². The molecule has 2 aliphatic rings. The molecular weight excluding hydrogens is 214 g/mol. The van der Waals surface area contributed by atoms with Crippen molar-refractivity contribution in [2.45, 2.75) is 44.2 Å². The predicted molar refractivity (Wildman–Crippen MR) is 65.9 cm³/mol. The first kappa shape index (κ1) is 11.2. The number of hydrogen-bond donors (Lipinski definition) is 1. The van der Waals surface area contributed by atoms with Gasteiger partial charge in [-0.15, -0.1) is 0 Å². The minimum Gasteiger partial charge on any atom is -0.379 e. The average Bonchev–Trinajstić information content (AvgIpc) is 2.99. The molecule has 0 saturated carbocycles. The van der Waals surface area contributed by atoms with Crippen LogP contribution in [0.3, 0.4) is 0 Å². The minimum atomic E-state index is 0.102. The van der Waals surface area contributed by atoms with E-state index in [0.717, 1.165) is 26.2 Å². The molecule has 3 rings (SSSR count). The van der Waals surface area contributed by atoms with Gasteiger partial charge >= 0.3 is 0 Å². The standard InChI is InChI=1S/C13H21N3O/c1-13(5-7-17-9-13)16-10-14-8-12(16)11-4-2-3-6-15-11/h8,10-11,15H,2-7,9H2,1H3. The fraction of sp³-hybridized carbons (Fsp3) is 0.769. The van der Waals surface area contributed by atoms with E-state index in [1.807, 2.05) is 12.5 Å². The van der Waals surface area contributed by atoms with Crippen molar-refractivity contribution < 1.29 is 4.74 Å². The van der Waals surface area contributed by atoms with E-state index in [-0.39, 0.29) is 5.54 Å². The fourth-order valence-corrected chi connectivity index (χ4v) is 2.96. The van der Waals surface area contributed by atoms with Gasteiger partial charge in [-0.1, -0.05) is 6.42 Å². The highest BCUT2D eigenvalue weighted by Gasteiger charge is 2.34. The molecule has 2 unspecified atom stereocenters. The van der Waals surface area contributed by atoms with Crippen molar-refractivity contribution in [2.75, 3.05) is 19.8 Å². The highest BCUT2D eigenvalue weighted by atomic mass is 16.5. The van der Waals surface area contributed by atoms with Gasteiger partial charge in [0.1, 0.15) is 0 Å². The largest absolute Gasteiger partial charge is 0.379 e. The van der Waals surface area contributed by atoms with Crippen LogP contribution in [0.5, 0.6) is 0 Å². The Morgan fingerprint density at radius 3 is 3.18 bits per heavy atom. The number of rotatable bonds is 2. The second-order valence-corrected chi connectivity index (χ2v) is 5.49. The van der Waals surface area contributed by atoms with E-state index in [9.17, 15) is 0 Å². The smallest absolute Gasteiger partial charge is 0.0954 e. The van der Waals surface area contributed by atoms with Crippen LogP contribution in [0.15, 0.2) is 12.5 Å². The van der Waals surface area contributed by atoms with Crippen molar-refractivity contribution in [3.63, 3.8) is 0 Å². The third kappa shape index (κ3) is 2.00. The van der Waals surface area contributed by atoms with E-state index < -0.39 is 0 Å². The molecule has 1 N–H and O–H groups in total. The first-order chi connectivity index (χ1) is 8.30. The van der Waals surface area contributed by atoms with Crippen molar-refractivity contribution in [3.05, 3.63) is 18.2 Å². The summed E-state index contributed by atoms with van der Waals surface area (Å²) < 4.78 is 7.89. The highest BCUT2D eigenvalue weighted by molar-refractivity contribution is 5.10. The molecule has 0 bridgehead atoms. The molecule has 94 valence electrons. The fourth-order valence-electron chi connectivity index (χ4n) is 2.96. The van der Waals surface area contributed by atoms with Crippen molar-refractivity contribution in [1.29, 1.82) is 0 Å². The maximum Gasteiger partial charge on any atom is 0.0954 e. The van der Waals surface area contributed by atoms with E-state index in [1.165, 1.54) is 25.0 Å². The van der Waals surface area contributed by atoms with Crippen molar-refractivity contribution in [3.8, 4) is 0 Å². The van der Waals surface area contributed by atoms with Crippen LogP contribution in [0.25, 0.3) is 0 Å². The van der Waals surface area contributed by atoms with Crippen LogP contribution in [0.2, 0.25) is 0 Å². The Kier molecular flexibility index (Phi) is 2.92. The highest BCUT2D eigenvalue weighted by Crippen LogP contribution is 2.32. The lowest BCUT2D eigenvalue weighted by molar-refractivity contribution is 0.159. The van der Waals surface area contributed by atoms with E-state index in [4.69, 9.17) is 4.74 Å². The monoisotopic (exact) mass is 235 g/mol.